The van der Waals surface area contributed by atoms with Gasteiger partial charge in [-0.1, -0.05) is 0 Å². The average molecular weight is 219 g/mol. The first-order valence-electron chi connectivity index (χ1n) is 4.95. The Bertz CT molecular complexity index is 519. The van der Waals surface area contributed by atoms with Gasteiger partial charge in [-0.2, -0.15) is 5.10 Å². The highest BCUT2D eigenvalue weighted by Gasteiger charge is 2.01. The van der Waals surface area contributed by atoms with E-state index >= 15 is 0 Å². The van der Waals surface area contributed by atoms with Crippen LogP contribution in [0.3, 0.4) is 0 Å². The van der Waals surface area contributed by atoms with E-state index < -0.39 is 0 Å². The Morgan fingerprint density at radius 3 is 3.19 bits per heavy atom. The van der Waals surface area contributed by atoms with Crippen LogP contribution in [-0.4, -0.2) is 27.0 Å². The first-order valence-corrected chi connectivity index (χ1v) is 4.95. The van der Waals surface area contributed by atoms with E-state index in [4.69, 9.17) is 5.73 Å². The molecule has 0 aliphatic carbocycles. The number of nitrogens with zero attached hydrogens (tertiary/aromatic N) is 3. The lowest BCUT2D eigenvalue weighted by molar-refractivity contribution is -0.117. The molecule has 0 spiro atoms. The predicted octanol–water partition coefficient (Wildman–Crippen LogP) is -0.387. The molecule has 0 bridgehead atoms. The minimum Gasteiger partial charge on any atom is -0.369 e. The summed E-state index contributed by atoms with van der Waals surface area (Å²) >= 11 is 0. The molecule has 6 heteroatoms. The van der Waals surface area contributed by atoms with E-state index in [1.807, 2.05) is 19.2 Å². The van der Waals surface area contributed by atoms with Crippen molar-refractivity contribution in [1.82, 2.24) is 19.9 Å². The number of fused-ring (bicyclic) bond motifs is 1. The van der Waals surface area contributed by atoms with Crippen molar-refractivity contribution in [1.29, 1.82) is 0 Å². The molecule has 0 saturated carbocycles. The number of amides is 1. The maximum Gasteiger partial charge on any atom is 0.231 e. The molecule has 2 heterocycles. The highest BCUT2D eigenvalue weighted by molar-refractivity contribution is 5.75. The van der Waals surface area contributed by atoms with E-state index in [1.165, 1.54) is 0 Å². The van der Waals surface area contributed by atoms with Crippen LogP contribution in [0.5, 0.6) is 0 Å². The van der Waals surface area contributed by atoms with Crippen molar-refractivity contribution in [2.45, 2.75) is 13.5 Å². The van der Waals surface area contributed by atoms with Crippen LogP contribution < -0.4 is 11.1 Å². The molecule has 0 radical (unpaired) electrons. The topological polar surface area (TPSA) is 85.3 Å². The Hall–Kier alpha value is -1.95. The van der Waals surface area contributed by atoms with Crippen LogP contribution in [0.2, 0.25) is 0 Å². The van der Waals surface area contributed by atoms with E-state index in [0.717, 1.165) is 16.9 Å². The lowest BCUT2D eigenvalue weighted by Gasteiger charge is -2.02. The molecule has 84 valence electrons. The number of nitrogens with one attached hydrogen (secondary N) is 1. The third kappa shape index (κ3) is 2.34. The summed E-state index contributed by atoms with van der Waals surface area (Å²) in [5.41, 5.74) is 7.71. The molecule has 0 aliphatic heterocycles. The summed E-state index contributed by atoms with van der Waals surface area (Å²) in [4.78, 5) is 14.8. The van der Waals surface area contributed by atoms with Crippen LogP contribution in [0.25, 0.3) is 5.65 Å². The molecule has 2 rings (SSSR count). The van der Waals surface area contributed by atoms with Crippen LogP contribution in [0.4, 0.5) is 0 Å². The molecule has 2 aromatic heterocycles. The number of carbonyl (C=O) groups excluding carboxylic acids is 1. The Balaban J connectivity index is 2.10. The molecule has 0 fully saturated rings. The molecule has 0 aromatic carbocycles. The highest BCUT2D eigenvalue weighted by atomic mass is 16.1. The van der Waals surface area contributed by atoms with Gasteiger partial charge in [0.05, 0.1) is 12.2 Å². The van der Waals surface area contributed by atoms with Crippen LogP contribution in [-0.2, 0) is 11.3 Å². The van der Waals surface area contributed by atoms with Gasteiger partial charge in [0.15, 0.2) is 5.65 Å². The third-order valence-corrected chi connectivity index (χ3v) is 2.12. The number of aromatic nitrogens is 3. The van der Waals surface area contributed by atoms with Gasteiger partial charge in [0.2, 0.25) is 5.91 Å². The van der Waals surface area contributed by atoms with Gasteiger partial charge in [-0.05, 0) is 6.92 Å². The van der Waals surface area contributed by atoms with Gasteiger partial charge in [0.1, 0.15) is 0 Å². The van der Waals surface area contributed by atoms with Gasteiger partial charge >= 0.3 is 0 Å². The minimum absolute atomic E-state index is 0.163. The van der Waals surface area contributed by atoms with Gasteiger partial charge in [0, 0.05) is 30.6 Å². The zero-order chi connectivity index (χ0) is 11.5. The highest BCUT2D eigenvalue weighted by Crippen LogP contribution is 2.04. The van der Waals surface area contributed by atoms with Crippen molar-refractivity contribution in [2.75, 3.05) is 6.54 Å². The number of hydrogen-bond donors (Lipinski definition) is 2. The molecule has 2 aromatic rings. The number of primary amides is 1. The second-order valence-electron chi connectivity index (χ2n) is 3.62. The molecule has 0 aliphatic rings. The summed E-state index contributed by atoms with van der Waals surface area (Å²) in [5.74, 6) is -0.371. The number of aryl methyl sites for hydroxylation is 1. The van der Waals surface area contributed by atoms with Crippen molar-refractivity contribution in [3.63, 3.8) is 0 Å². The third-order valence-electron chi connectivity index (χ3n) is 2.12. The zero-order valence-electron chi connectivity index (χ0n) is 8.97. The average Bonchev–Trinajstić information content (AvgIpc) is 2.56. The maximum absolute atomic E-state index is 10.5. The van der Waals surface area contributed by atoms with Crippen LogP contribution in [0, 0.1) is 6.92 Å². The Kier molecular flexibility index (Phi) is 2.82. The van der Waals surface area contributed by atoms with Crippen molar-refractivity contribution >= 4 is 11.6 Å². The molecule has 1 amide bonds. The number of carbonyl (C=O) groups is 1. The standard InChI is InChI=1S/C10H13N5O/c1-7-2-10-13-4-8(6-15(10)14-7)3-12-5-9(11)16/h2,4,6,12H,3,5H2,1H3,(H2,11,16). The van der Waals surface area contributed by atoms with Crippen molar-refractivity contribution < 1.29 is 4.79 Å². The summed E-state index contributed by atoms with van der Waals surface area (Å²) in [6.45, 7) is 2.63. The number of hydrogen-bond acceptors (Lipinski definition) is 4. The zero-order valence-corrected chi connectivity index (χ0v) is 8.97. The summed E-state index contributed by atoms with van der Waals surface area (Å²) in [6.07, 6.45) is 3.63. The summed E-state index contributed by atoms with van der Waals surface area (Å²) in [7, 11) is 0. The van der Waals surface area contributed by atoms with Crippen molar-refractivity contribution in [3.8, 4) is 0 Å². The SMILES string of the molecule is Cc1cc2ncc(CNCC(N)=O)cn2n1. The van der Waals surface area contributed by atoms with Crippen LogP contribution in [0.1, 0.15) is 11.3 Å². The minimum atomic E-state index is -0.371. The lowest BCUT2D eigenvalue weighted by atomic mass is 10.3. The number of rotatable bonds is 4. The fraction of sp³-hybridized carbons (Fsp3) is 0.300. The molecular formula is C10H13N5O. The van der Waals surface area contributed by atoms with Crippen LogP contribution >= 0.6 is 0 Å². The second kappa shape index (κ2) is 4.28. The van der Waals surface area contributed by atoms with E-state index in [2.05, 4.69) is 15.4 Å². The summed E-state index contributed by atoms with van der Waals surface area (Å²) in [5, 5.41) is 7.17. The second-order valence-corrected chi connectivity index (χ2v) is 3.62. The fourth-order valence-electron chi connectivity index (χ4n) is 1.46. The largest absolute Gasteiger partial charge is 0.369 e. The van der Waals surface area contributed by atoms with E-state index in [-0.39, 0.29) is 12.5 Å². The van der Waals surface area contributed by atoms with Gasteiger partial charge < -0.3 is 11.1 Å². The molecule has 0 atom stereocenters. The van der Waals surface area contributed by atoms with E-state index in [1.54, 1.807) is 10.7 Å². The normalized spacial score (nSPS) is 10.8. The monoisotopic (exact) mass is 219 g/mol. The molecule has 6 nitrogen and oxygen atoms in total. The summed E-state index contributed by atoms with van der Waals surface area (Å²) in [6, 6.07) is 1.90. The molecule has 16 heavy (non-hydrogen) atoms. The van der Waals surface area contributed by atoms with Crippen molar-refractivity contribution in [3.05, 3.63) is 29.7 Å². The van der Waals surface area contributed by atoms with Gasteiger partial charge in [0.25, 0.3) is 0 Å². The Labute approximate surface area is 92.5 Å². The Morgan fingerprint density at radius 1 is 1.62 bits per heavy atom. The van der Waals surface area contributed by atoms with E-state index in [9.17, 15) is 4.79 Å². The molecule has 3 N–H and O–H groups in total. The van der Waals surface area contributed by atoms with Gasteiger partial charge in [-0.25, -0.2) is 9.50 Å². The van der Waals surface area contributed by atoms with E-state index in [0.29, 0.717) is 6.54 Å². The maximum atomic E-state index is 10.5. The van der Waals surface area contributed by atoms with Gasteiger partial charge in [-0.15, -0.1) is 0 Å². The molecule has 0 saturated heterocycles. The van der Waals surface area contributed by atoms with Gasteiger partial charge in [-0.3, -0.25) is 4.79 Å². The smallest absolute Gasteiger partial charge is 0.231 e. The molecular weight excluding hydrogens is 206 g/mol. The quantitative estimate of drug-likeness (QED) is 0.733. The molecule has 0 unspecified atom stereocenters. The van der Waals surface area contributed by atoms with Crippen molar-refractivity contribution in [2.24, 2.45) is 5.73 Å². The first kappa shape index (κ1) is 10.6. The van der Waals surface area contributed by atoms with Crippen LogP contribution in [0.15, 0.2) is 18.5 Å². The summed E-state index contributed by atoms with van der Waals surface area (Å²) < 4.78 is 1.72. The Morgan fingerprint density at radius 2 is 2.44 bits per heavy atom. The first-order chi connectivity index (χ1) is 7.65. The lowest BCUT2D eigenvalue weighted by Crippen LogP contribution is -2.28. The fourth-order valence-corrected chi connectivity index (χ4v) is 1.46. The number of nitrogens with two attached hydrogens (primary N) is 1. The predicted molar refractivity (Wildman–Crippen MR) is 58.6 cm³/mol.